The van der Waals surface area contributed by atoms with E-state index in [1.54, 1.807) is 18.6 Å². The molecule has 0 atom stereocenters. The highest BCUT2D eigenvalue weighted by Gasteiger charge is 2.25. The van der Waals surface area contributed by atoms with Crippen LogP contribution >= 0.6 is 0 Å². The fraction of sp³-hybridized carbons (Fsp3) is 0.320. The van der Waals surface area contributed by atoms with Crippen LogP contribution in [0.3, 0.4) is 0 Å². The van der Waals surface area contributed by atoms with E-state index in [-0.39, 0.29) is 6.10 Å². The highest BCUT2D eigenvalue weighted by Crippen LogP contribution is 2.31. The Morgan fingerprint density at radius 1 is 1.21 bits per heavy atom. The summed E-state index contributed by atoms with van der Waals surface area (Å²) in [5.41, 5.74) is 7.32. The lowest BCUT2D eigenvalue weighted by Crippen LogP contribution is -2.36. The van der Waals surface area contributed by atoms with Crippen LogP contribution in [-0.2, 0) is 6.54 Å². The van der Waals surface area contributed by atoms with E-state index in [4.69, 9.17) is 15.0 Å². The molecule has 0 bridgehead atoms. The average Bonchev–Trinajstić information content (AvgIpc) is 3.23. The molecule has 0 unspecified atom stereocenters. The van der Waals surface area contributed by atoms with Crippen molar-refractivity contribution in [2.45, 2.75) is 39.3 Å². The Labute approximate surface area is 198 Å². The van der Waals surface area contributed by atoms with Crippen molar-refractivity contribution in [2.75, 3.05) is 23.4 Å². The highest BCUT2D eigenvalue weighted by molar-refractivity contribution is 5.88. The van der Waals surface area contributed by atoms with Gasteiger partial charge in [0.25, 0.3) is 0 Å². The number of pyridine rings is 1. The van der Waals surface area contributed by atoms with Gasteiger partial charge in [-0.3, -0.25) is 4.98 Å². The molecule has 9 heteroatoms. The molecule has 34 heavy (non-hydrogen) atoms. The lowest BCUT2D eigenvalue weighted by molar-refractivity contribution is 0.145. The number of aryl methyl sites for hydroxylation is 2. The van der Waals surface area contributed by atoms with E-state index >= 15 is 0 Å². The molecular weight excluding hydrogens is 428 g/mol. The number of nitrogens with one attached hydrogen (secondary N) is 1. The summed E-state index contributed by atoms with van der Waals surface area (Å²) in [4.78, 5) is 20.8. The van der Waals surface area contributed by atoms with Gasteiger partial charge in [-0.05, 0) is 56.5 Å². The van der Waals surface area contributed by atoms with Gasteiger partial charge in [-0.1, -0.05) is 12.1 Å². The van der Waals surface area contributed by atoms with E-state index < -0.39 is 0 Å². The van der Waals surface area contributed by atoms with E-state index in [2.05, 4.69) is 44.0 Å². The fourth-order valence-corrected chi connectivity index (χ4v) is 4.14. The molecule has 0 spiro atoms. The van der Waals surface area contributed by atoms with E-state index in [1.165, 1.54) is 0 Å². The fourth-order valence-electron chi connectivity index (χ4n) is 4.14. The normalized spacial score (nSPS) is 14.6. The number of hydrogen-bond donors (Lipinski definition) is 2. The molecule has 0 saturated carbocycles. The maximum atomic E-state index is 10.00. The van der Waals surface area contributed by atoms with E-state index in [9.17, 15) is 5.11 Å². The first-order valence-corrected chi connectivity index (χ1v) is 11.4. The number of fused-ring (bicyclic) bond motifs is 1. The van der Waals surface area contributed by atoms with E-state index in [0.717, 1.165) is 39.5 Å². The van der Waals surface area contributed by atoms with Gasteiger partial charge in [0.2, 0.25) is 5.95 Å². The lowest BCUT2D eigenvalue weighted by atomic mass is 10.1. The van der Waals surface area contributed by atoms with Crippen molar-refractivity contribution < 1.29 is 5.11 Å². The van der Waals surface area contributed by atoms with Gasteiger partial charge in [0, 0.05) is 43.2 Å². The quantitative estimate of drug-likeness (QED) is 0.340. The smallest absolute Gasteiger partial charge is 0.247 e. The Balaban J connectivity index is 1.57. The minimum atomic E-state index is -0.279. The van der Waals surface area contributed by atoms with Crippen molar-refractivity contribution in [3.05, 3.63) is 59.9 Å². The molecule has 1 aromatic carbocycles. The van der Waals surface area contributed by atoms with Crippen molar-refractivity contribution in [1.29, 1.82) is 0 Å². The lowest BCUT2D eigenvalue weighted by Gasteiger charge is -2.30. The predicted molar refractivity (Wildman–Crippen MR) is 132 cm³/mol. The Bertz CT molecular complexity index is 1310. The molecule has 172 valence electrons. The zero-order chi connectivity index (χ0) is 23.5. The van der Waals surface area contributed by atoms with Crippen LogP contribution in [0, 0.1) is 19.1 Å². The summed E-state index contributed by atoms with van der Waals surface area (Å²) in [6.07, 6.45) is 6.30. The molecule has 1 saturated heterocycles. The molecule has 9 nitrogen and oxygen atoms in total. The minimum Gasteiger partial charge on any atom is -0.393 e. The van der Waals surface area contributed by atoms with Crippen LogP contribution in [0.5, 0.6) is 0 Å². The molecule has 4 heterocycles. The molecule has 3 aromatic heterocycles. The third-order valence-corrected chi connectivity index (χ3v) is 5.86. The van der Waals surface area contributed by atoms with Crippen molar-refractivity contribution in [3.8, 4) is 11.4 Å². The molecule has 0 radical (unpaired) electrons. The average molecular weight is 455 g/mol. The number of anilines is 2. The van der Waals surface area contributed by atoms with Crippen LogP contribution in [0.1, 0.15) is 30.9 Å². The van der Waals surface area contributed by atoms with Gasteiger partial charge in [-0.15, -0.1) is 0 Å². The first-order chi connectivity index (χ1) is 16.6. The largest absolute Gasteiger partial charge is 0.393 e. The molecule has 0 aliphatic carbocycles. The third-order valence-electron chi connectivity index (χ3n) is 5.86. The molecule has 2 N–H and O–H groups in total. The second kappa shape index (κ2) is 9.45. The molecule has 1 aliphatic rings. The summed E-state index contributed by atoms with van der Waals surface area (Å²) in [5.74, 6) is 1.95. The maximum absolute atomic E-state index is 10.00. The van der Waals surface area contributed by atoms with Gasteiger partial charge in [0.1, 0.15) is 5.82 Å². The van der Waals surface area contributed by atoms with Gasteiger partial charge in [0.15, 0.2) is 17.0 Å². The van der Waals surface area contributed by atoms with Crippen molar-refractivity contribution in [2.24, 2.45) is 5.10 Å². The summed E-state index contributed by atoms with van der Waals surface area (Å²) >= 11 is 0. The minimum absolute atomic E-state index is 0.279. The summed E-state index contributed by atoms with van der Waals surface area (Å²) in [6.45, 7) is 6.17. The van der Waals surface area contributed by atoms with Gasteiger partial charge >= 0.3 is 0 Å². The first kappa shape index (κ1) is 21.8. The van der Waals surface area contributed by atoms with Crippen LogP contribution < -0.4 is 10.3 Å². The standard InChI is InChI=1S/C25H26N8O/c1-3-33-22(19-7-11-26-12-8-19)28-21-23(32-13-9-20(34)10-14-32)29-25(30-24(21)33)31-27-16-18-6-4-5-17(2)15-18/h5,7-8,11-12,15-16,20,34H,3,9-10,13-14H2,1-2H3,(H,29,30,31)/b27-16+. The molecule has 5 rings (SSSR count). The summed E-state index contributed by atoms with van der Waals surface area (Å²) in [5, 5.41) is 14.3. The van der Waals surface area contributed by atoms with Gasteiger partial charge in [-0.2, -0.15) is 15.1 Å². The number of hydrogen-bond acceptors (Lipinski definition) is 8. The monoisotopic (exact) mass is 454 g/mol. The van der Waals surface area contributed by atoms with Crippen LogP contribution in [0.2, 0.25) is 0 Å². The van der Waals surface area contributed by atoms with Crippen LogP contribution in [0.15, 0.2) is 41.8 Å². The number of aliphatic hydroxyl groups is 1. The second-order valence-electron chi connectivity index (χ2n) is 8.30. The Kier molecular flexibility index (Phi) is 6.06. The summed E-state index contributed by atoms with van der Waals surface area (Å²) in [6, 6.07) is 13.7. The summed E-state index contributed by atoms with van der Waals surface area (Å²) < 4.78 is 2.08. The topological polar surface area (TPSA) is 104 Å². The molecular formula is C25H26N8O. The zero-order valence-electron chi connectivity index (χ0n) is 19.2. The van der Waals surface area contributed by atoms with Crippen molar-refractivity contribution in [3.63, 3.8) is 0 Å². The number of aliphatic hydroxyl groups excluding tert-OH is 1. The number of aromatic nitrogens is 5. The SMILES string of the molecule is CCn1c(-c2ccncc2)nc2c(N3CCC(O)CC3)nc(N/N=C/c3c#ccc(C)c3)nc21. The number of rotatable bonds is 6. The number of nitrogens with zero attached hydrogens (tertiary/aromatic N) is 7. The third kappa shape index (κ3) is 4.40. The Hall–Kier alpha value is -4.03. The van der Waals surface area contributed by atoms with E-state index in [1.807, 2.05) is 31.2 Å². The van der Waals surface area contributed by atoms with Gasteiger partial charge < -0.3 is 14.6 Å². The molecule has 4 aromatic rings. The van der Waals surface area contributed by atoms with Gasteiger partial charge in [0.05, 0.1) is 12.3 Å². The first-order valence-electron chi connectivity index (χ1n) is 11.4. The molecule has 1 fully saturated rings. The maximum Gasteiger partial charge on any atom is 0.247 e. The highest BCUT2D eigenvalue weighted by atomic mass is 16.3. The Morgan fingerprint density at radius 2 is 2.00 bits per heavy atom. The van der Waals surface area contributed by atoms with E-state index in [0.29, 0.717) is 38.4 Å². The zero-order valence-corrected chi connectivity index (χ0v) is 19.2. The molecule has 1 aliphatic heterocycles. The van der Waals surface area contributed by atoms with Crippen LogP contribution in [0.25, 0.3) is 22.6 Å². The van der Waals surface area contributed by atoms with Gasteiger partial charge in [-0.25, -0.2) is 10.4 Å². The van der Waals surface area contributed by atoms with Crippen LogP contribution in [0.4, 0.5) is 11.8 Å². The number of hydrazone groups is 1. The van der Waals surface area contributed by atoms with Crippen molar-refractivity contribution in [1.82, 2.24) is 24.5 Å². The predicted octanol–water partition coefficient (Wildman–Crippen LogP) is 3.22. The second-order valence-corrected chi connectivity index (χ2v) is 8.30. The Morgan fingerprint density at radius 3 is 2.74 bits per heavy atom. The number of imidazole rings is 1. The number of piperidine rings is 1. The summed E-state index contributed by atoms with van der Waals surface area (Å²) in [7, 11) is 0. The molecule has 0 amide bonds. The van der Waals surface area contributed by atoms with Crippen molar-refractivity contribution >= 4 is 29.1 Å². The van der Waals surface area contributed by atoms with Crippen LogP contribution in [-0.4, -0.2) is 55.0 Å².